The van der Waals surface area contributed by atoms with Crippen LogP contribution in [-0.4, -0.2) is 70.1 Å². The quantitative estimate of drug-likeness (QED) is 0.334. The first-order valence-electron chi connectivity index (χ1n) is 9.66. The summed E-state index contributed by atoms with van der Waals surface area (Å²) < 4.78 is 83.9. The average Bonchev–Trinajstić information content (AvgIpc) is 3.24. The molecule has 2 atom stereocenters. The molecule has 2 heterocycles. The zero-order valence-electron chi connectivity index (χ0n) is 16.7. The van der Waals surface area contributed by atoms with Gasteiger partial charge in [-0.2, -0.15) is 17.5 Å². The lowest BCUT2D eigenvalue weighted by molar-refractivity contribution is -0.170. The van der Waals surface area contributed by atoms with Crippen molar-refractivity contribution >= 4 is 27.4 Å². The van der Waals surface area contributed by atoms with Crippen molar-refractivity contribution in [1.29, 1.82) is 0 Å². The number of fused-ring (bicyclic) bond motifs is 1. The van der Waals surface area contributed by atoms with Gasteiger partial charge in [-0.1, -0.05) is 0 Å². The first-order valence-corrected chi connectivity index (χ1v) is 11.1. The number of unbranched alkanes of at least 4 members (excludes halogenated alkanes) is 1. The Balaban J connectivity index is 1.92. The second-order valence-corrected chi connectivity index (χ2v) is 9.41. The number of amides is 1. The molecule has 1 saturated heterocycles. The van der Waals surface area contributed by atoms with E-state index in [2.05, 4.69) is 0 Å². The lowest BCUT2D eigenvalue weighted by Crippen LogP contribution is -2.38. The summed E-state index contributed by atoms with van der Waals surface area (Å²) in [5, 5.41) is 0. The van der Waals surface area contributed by atoms with Gasteiger partial charge >= 0.3 is 6.18 Å². The fourth-order valence-electron chi connectivity index (χ4n) is 3.92. The fourth-order valence-corrected chi connectivity index (χ4v) is 5.62. The van der Waals surface area contributed by atoms with E-state index in [1.165, 1.54) is 13.2 Å². The molecule has 0 unspecified atom stereocenters. The summed E-state index contributed by atoms with van der Waals surface area (Å²) in [6, 6.07) is 2.45. The van der Waals surface area contributed by atoms with Crippen LogP contribution in [0.5, 0.6) is 0 Å². The highest BCUT2D eigenvalue weighted by Crippen LogP contribution is 2.40. The number of anilines is 1. The van der Waals surface area contributed by atoms with Crippen molar-refractivity contribution in [1.82, 2.24) is 4.31 Å². The Labute approximate surface area is 177 Å². The minimum Gasteiger partial charge on any atom is -0.383 e. The number of Topliss-reactive ketones (excluding diaryl/α,β-unsaturated/α-hetero) is 1. The Hall–Kier alpha value is -2.05. The van der Waals surface area contributed by atoms with Gasteiger partial charge in [-0.25, -0.2) is 8.42 Å². The number of methoxy groups -OCH3 is 1. The molecule has 1 fully saturated rings. The molecule has 2 aliphatic rings. The van der Waals surface area contributed by atoms with Crippen molar-refractivity contribution in [2.45, 2.75) is 36.4 Å². The highest BCUT2D eigenvalue weighted by molar-refractivity contribution is 7.89. The van der Waals surface area contributed by atoms with Gasteiger partial charge in [0.2, 0.25) is 10.0 Å². The Kier molecular flexibility index (Phi) is 6.72. The number of halogens is 4. The van der Waals surface area contributed by atoms with Crippen LogP contribution in [0.15, 0.2) is 23.1 Å². The average molecular weight is 466 g/mol. The molecule has 0 spiro atoms. The highest BCUT2D eigenvalue weighted by Gasteiger charge is 2.51. The van der Waals surface area contributed by atoms with Crippen LogP contribution < -0.4 is 4.90 Å². The highest BCUT2D eigenvalue weighted by atomic mass is 32.2. The van der Waals surface area contributed by atoms with E-state index in [4.69, 9.17) is 4.74 Å². The molecule has 172 valence electrons. The molecular formula is C19H22F4N2O5S. The number of carbonyl (C=O) groups is 2. The molecule has 0 bridgehead atoms. The standard InChI is InChI=1S/C19H22F4N2O5S/c1-30-11-13-8-12(19(21,22)23)10-25(13)31(28,29)14-4-5-16-15(9-14)17(26)18(27)24(16)7-3-2-6-20/h4-5,9,12-13H,2-3,6-8,10-11H2,1H3/t12-,13+/m1/s1. The summed E-state index contributed by atoms with van der Waals surface area (Å²) in [6.07, 6.45) is -4.46. The smallest absolute Gasteiger partial charge is 0.383 e. The maximum atomic E-state index is 13.2. The third kappa shape index (κ3) is 4.46. The van der Waals surface area contributed by atoms with E-state index in [9.17, 15) is 35.6 Å². The first kappa shape index (κ1) is 23.6. The van der Waals surface area contributed by atoms with Crippen molar-refractivity contribution in [3.63, 3.8) is 0 Å². The van der Waals surface area contributed by atoms with Crippen LogP contribution in [0.1, 0.15) is 29.6 Å². The molecule has 7 nitrogen and oxygen atoms in total. The van der Waals surface area contributed by atoms with Gasteiger partial charge in [0, 0.05) is 26.2 Å². The number of carbonyl (C=O) groups excluding carboxylic acids is 2. The van der Waals surface area contributed by atoms with Gasteiger partial charge in [0.25, 0.3) is 11.7 Å². The van der Waals surface area contributed by atoms with Crippen molar-refractivity contribution in [3.8, 4) is 0 Å². The Morgan fingerprint density at radius 1 is 1.19 bits per heavy atom. The number of rotatable bonds is 8. The van der Waals surface area contributed by atoms with Crippen molar-refractivity contribution in [3.05, 3.63) is 23.8 Å². The fraction of sp³-hybridized carbons (Fsp3) is 0.579. The minimum absolute atomic E-state index is 0.100. The van der Waals surface area contributed by atoms with Gasteiger partial charge in [0.05, 0.1) is 35.3 Å². The Morgan fingerprint density at radius 2 is 1.90 bits per heavy atom. The van der Waals surface area contributed by atoms with E-state index in [1.54, 1.807) is 0 Å². The number of benzene rings is 1. The van der Waals surface area contributed by atoms with Gasteiger partial charge < -0.3 is 9.64 Å². The Bertz CT molecular complexity index is 967. The van der Waals surface area contributed by atoms with Crippen LogP contribution in [0.4, 0.5) is 23.2 Å². The van der Waals surface area contributed by atoms with E-state index in [0.29, 0.717) is 6.42 Å². The molecule has 0 aliphatic carbocycles. The largest absolute Gasteiger partial charge is 0.393 e. The van der Waals surface area contributed by atoms with Crippen molar-refractivity contribution in [2.24, 2.45) is 5.92 Å². The predicted octanol–water partition coefficient (Wildman–Crippen LogP) is 2.55. The zero-order valence-corrected chi connectivity index (χ0v) is 17.5. The molecule has 1 amide bonds. The van der Waals surface area contributed by atoms with Gasteiger partial charge in [-0.3, -0.25) is 14.0 Å². The molecule has 2 aliphatic heterocycles. The minimum atomic E-state index is -4.56. The number of ketones is 1. The predicted molar refractivity (Wildman–Crippen MR) is 102 cm³/mol. The summed E-state index contributed by atoms with van der Waals surface area (Å²) in [4.78, 5) is 25.4. The lowest BCUT2D eigenvalue weighted by atomic mass is 10.1. The van der Waals surface area contributed by atoms with E-state index in [-0.39, 0.29) is 35.7 Å². The third-order valence-electron chi connectivity index (χ3n) is 5.50. The maximum Gasteiger partial charge on any atom is 0.393 e. The van der Waals surface area contributed by atoms with E-state index < -0.39 is 59.5 Å². The van der Waals surface area contributed by atoms with Crippen LogP contribution in [0.2, 0.25) is 0 Å². The summed E-state index contributed by atoms with van der Waals surface area (Å²) in [6.45, 7) is -1.43. The number of sulfonamides is 1. The molecule has 0 N–H and O–H groups in total. The third-order valence-corrected chi connectivity index (χ3v) is 7.42. The van der Waals surface area contributed by atoms with Gasteiger partial charge in [-0.05, 0) is 37.5 Å². The van der Waals surface area contributed by atoms with Crippen molar-refractivity contribution < 1.29 is 40.3 Å². The lowest BCUT2D eigenvalue weighted by Gasteiger charge is -2.24. The van der Waals surface area contributed by atoms with Gasteiger partial charge in [0.15, 0.2) is 0 Å². The normalized spacial score (nSPS) is 22.4. The summed E-state index contributed by atoms with van der Waals surface area (Å²) in [7, 11) is -3.12. The van der Waals surface area contributed by atoms with Crippen LogP contribution in [0.3, 0.4) is 0 Å². The molecule has 0 radical (unpaired) electrons. The van der Waals surface area contributed by atoms with E-state index in [0.717, 1.165) is 21.3 Å². The first-order chi connectivity index (χ1) is 14.5. The molecule has 12 heteroatoms. The molecule has 3 rings (SSSR count). The maximum absolute atomic E-state index is 13.2. The number of hydrogen-bond donors (Lipinski definition) is 0. The number of alkyl halides is 4. The number of hydrogen-bond acceptors (Lipinski definition) is 5. The van der Waals surface area contributed by atoms with E-state index >= 15 is 0 Å². The van der Waals surface area contributed by atoms with Crippen LogP contribution in [-0.2, 0) is 19.6 Å². The summed E-state index contributed by atoms with van der Waals surface area (Å²) >= 11 is 0. The molecule has 0 aromatic heterocycles. The molecule has 1 aromatic rings. The second-order valence-electron chi connectivity index (χ2n) is 7.52. The molecule has 0 saturated carbocycles. The molecule has 1 aromatic carbocycles. The zero-order chi connectivity index (χ0) is 23.0. The number of nitrogens with zero attached hydrogens (tertiary/aromatic N) is 2. The second kappa shape index (κ2) is 8.83. The van der Waals surface area contributed by atoms with Crippen LogP contribution >= 0.6 is 0 Å². The SMILES string of the molecule is COC[C@@H]1C[C@@H](C(F)(F)F)CN1S(=O)(=O)c1ccc2c(c1)C(=O)C(=O)N2CCCCF. The van der Waals surface area contributed by atoms with Gasteiger partial charge in [0.1, 0.15) is 0 Å². The molecular weight excluding hydrogens is 444 g/mol. The van der Waals surface area contributed by atoms with Crippen LogP contribution in [0, 0.1) is 5.92 Å². The monoisotopic (exact) mass is 466 g/mol. The molecule has 31 heavy (non-hydrogen) atoms. The van der Waals surface area contributed by atoms with Gasteiger partial charge in [-0.15, -0.1) is 0 Å². The summed E-state index contributed by atoms with van der Waals surface area (Å²) in [5.74, 6) is -3.58. The summed E-state index contributed by atoms with van der Waals surface area (Å²) in [5.41, 5.74) is 0.0667. The Morgan fingerprint density at radius 3 is 2.52 bits per heavy atom. The topological polar surface area (TPSA) is 84.0 Å². The van der Waals surface area contributed by atoms with Crippen molar-refractivity contribution in [2.75, 3.05) is 38.4 Å². The van der Waals surface area contributed by atoms with E-state index in [1.807, 2.05) is 0 Å². The number of ether oxygens (including phenoxy) is 1. The van der Waals surface area contributed by atoms with Crippen LogP contribution in [0.25, 0.3) is 0 Å².